The third kappa shape index (κ3) is 3.02. The van der Waals surface area contributed by atoms with Crippen molar-refractivity contribution in [3.8, 4) is 0 Å². The van der Waals surface area contributed by atoms with Gasteiger partial charge in [-0.3, -0.25) is 10.1 Å². The van der Waals surface area contributed by atoms with Crippen LogP contribution >= 0.6 is 0 Å². The van der Waals surface area contributed by atoms with Crippen molar-refractivity contribution in [3.63, 3.8) is 0 Å². The van der Waals surface area contributed by atoms with E-state index in [2.05, 4.69) is 5.16 Å². The molecule has 23 heavy (non-hydrogen) atoms. The molecule has 0 amide bonds. The molecule has 8 heteroatoms. The molecule has 124 valence electrons. The summed E-state index contributed by atoms with van der Waals surface area (Å²) in [6.45, 7) is 0. The molecule has 0 saturated heterocycles. The lowest BCUT2D eigenvalue weighted by Gasteiger charge is -2.16. The number of alkyl halides is 3. The third-order valence-corrected chi connectivity index (χ3v) is 4.38. The molecule has 1 heterocycles. The molecule has 0 radical (unpaired) electrons. The minimum Gasteiger partial charge on any atom is -0.392 e. The maximum absolute atomic E-state index is 13.1. The summed E-state index contributed by atoms with van der Waals surface area (Å²) in [5.74, 6) is -0.0416. The van der Waals surface area contributed by atoms with Gasteiger partial charge in [-0.05, 0) is 31.4 Å². The van der Waals surface area contributed by atoms with Crippen molar-refractivity contribution in [2.45, 2.75) is 44.4 Å². The minimum absolute atomic E-state index is 0.0416. The normalized spacial score (nSPS) is 24.4. The molecule has 2 atom stereocenters. The zero-order chi connectivity index (χ0) is 16.6. The fourth-order valence-electron chi connectivity index (χ4n) is 3.25. The van der Waals surface area contributed by atoms with Gasteiger partial charge in [0.25, 0.3) is 5.69 Å². The van der Waals surface area contributed by atoms with E-state index in [-0.39, 0.29) is 17.6 Å². The van der Waals surface area contributed by atoms with Gasteiger partial charge in [0.05, 0.1) is 10.6 Å². The summed E-state index contributed by atoms with van der Waals surface area (Å²) in [6.07, 6.45) is -0.199. The smallest absolute Gasteiger partial charge is 0.392 e. The molecule has 0 spiro atoms. The Bertz CT molecular complexity index is 658. The molecule has 2 aliphatic rings. The van der Waals surface area contributed by atoms with Crippen LogP contribution in [-0.4, -0.2) is 16.7 Å². The minimum atomic E-state index is -4.79. The Morgan fingerprint density at radius 3 is 2.65 bits per heavy atom. The fourth-order valence-corrected chi connectivity index (χ4v) is 3.25. The molecule has 1 aromatic rings. The van der Waals surface area contributed by atoms with Crippen LogP contribution in [0.3, 0.4) is 0 Å². The fraction of sp³-hybridized carbons (Fsp3) is 0.533. The molecule has 1 fully saturated rings. The Hall–Kier alpha value is -2.12. The predicted octanol–water partition coefficient (Wildman–Crippen LogP) is 4.30. The molecule has 1 aliphatic heterocycles. The van der Waals surface area contributed by atoms with Crippen LogP contribution in [0.1, 0.15) is 43.2 Å². The quantitative estimate of drug-likeness (QED) is 0.600. The lowest BCUT2D eigenvalue weighted by Crippen LogP contribution is -2.23. The lowest BCUT2D eigenvalue weighted by atomic mass is 9.88. The first kappa shape index (κ1) is 15.8. The number of oxime groups is 1. The third-order valence-electron chi connectivity index (χ3n) is 4.38. The molecule has 3 rings (SSSR count). The van der Waals surface area contributed by atoms with E-state index in [1.54, 1.807) is 0 Å². The van der Waals surface area contributed by atoms with Crippen LogP contribution in [0.25, 0.3) is 0 Å². The standard InChI is InChI=1S/C15H15F3N2O3/c16-15(17,18)11-8-9(6-7-12(11)20(21)22)14-10-4-2-1-3-5-13(10)23-19-14/h6-8,10,13H,1-5H2. The predicted molar refractivity (Wildman–Crippen MR) is 76.1 cm³/mol. The lowest BCUT2D eigenvalue weighted by molar-refractivity contribution is -0.388. The molecule has 1 saturated carbocycles. The Labute approximate surface area is 130 Å². The molecular formula is C15H15F3N2O3. The van der Waals surface area contributed by atoms with Gasteiger partial charge < -0.3 is 4.84 Å². The Kier molecular flexibility index (Phi) is 3.99. The summed E-state index contributed by atoms with van der Waals surface area (Å²) in [4.78, 5) is 15.2. The summed E-state index contributed by atoms with van der Waals surface area (Å²) in [5, 5.41) is 14.8. The summed E-state index contributed by atoms with van der Waals surface area (Å²) in [6, 6.07) is 3.03. The first-order chi connectivity index (χ1) is 10.9. The number of halogens is 3. The van der Waals surface area contributed by atoms with Crippen LogP contribution in [0, 0.1) is 16.0 Å². The van der Waals surface area contributed by atoms with E-state index in [4.69, 9.17) is 4.84 Å². The highest BCUT2D eigenvalue weighted by Gasteiger charge is 2.41. The second-order valence-corrected chi connectivity index (χ2v) is 5.85. The molecule has 1 aliphatic carbocycles. The first-order valence-electron chi connectivity index (χ1n) is 7.47. The Balaban J connectivity index is 1.99. The van der Waals surface area contributed by atoms with Crippen molar-refractivity contribution < 1.29 is 22.9 Å². The van der Waals surface area contributed by atoms with Gasteiger partial charge in [-0.25, -0.2) is 0 Å². The van der Waals surface area contributed by atoms with Gasteiger partial charge in [-0.2, -0.15) is 13.2 Å². The number of fused-ring (bicyclic) bond motifs is 1. The second kappa shape index (κ2) is 5.82. The second-order valence-electron chi connectivity index (χ2n) is 5.85. The number of hydrogen-bond donors (Lipinski definition) is 0. The number of rotatable bonds is 2. The van der Waals surface area contributed by atoms with Crippen LogP contribution in [0.15, 0.2) is 23.4 Å². The van der Waals surface area contributed by atoms with Gasteiger partial charge >= 0.3 is 6.18 Å². The van der Waals surface area contributed by atoms with E-state index in [9.17, 15) is 23.3 Å². The molecule has 1 aromatic carbocycles. The average Bonchev–Trinajstić information content (AvgIpc) is 2.74. The van der Waals surface area contributed by atoms with Gasteiger partial charge in [0.15, 0.2) is 0 Å². The highest BCUT2D eigenvalue weighted by atomic mass is 19.4. The summed E-state index contributed by atoms with van der Waals surface area (Å²) in [5.41, 5.74) is -1.48. The Morgan fingerprint density at radius 2 is 1.96 bits per heavy atom. The number of benzene rings is 1. The maximum Gasteiger partial charge on any atom is 0.423 e. The zero-order valence-electron chi connectivity index (χ0n) is 12.2. The van der Waals surface area contributed by atoms with Gasteiger partial charge in [-0.1, -0.05) is 18.0 Å². The Morgan fingerprint density at radius 1 is 1.22 bits per heavy atom. The van der Waals surface area contributed by atoms with Crippen molar-refractivity contribution >= 4 is 11.4 Å². The van der Waals surface area contributed by atoms with Crippen molar-refractivity contribution in [1.29, 1.82) is 0 Å². The average molecular weight is 328 g/mol. The van der Waals surface area contributed by atoms with E-state index in [0.717, 1.165) is 44.2 Å². The summed E-state index contributed by atoms with van der Waals surface area (Å²) >= 11 is 0. The molecule has 0 aromatic heterocycles. The molecular weight excluding hydrogens is 313 g/mol. The van der Waals surface area contributed by atoms with Crippen LogP contribution in [0.2, 0.25) is 0 Å². The molecule has 2 unspecified atom stereocenters. The number of nitro benzene ring substituents is 1. The number of nitro groups is 1. The molecule has 5 nitrogen and oxygen atoms in total. The molecule has 0 bridgehead atoms. The van der Waals surface area contributed by atoms with Crippen LogP contribution in [-0.2, 0) is 11.0 Å². The number of nitrogens with zero attached hydrogens (tertiary/aromatic N) is 2. The summed E-state index contributed by atoms with van der Waals surface area (Å²) in [7, 11) is 0. The van der Waals surface area contributed by atoms with E-state index in [0.29, 0.717) is 5.71 Å². The van der Waals surface area contributed by atoms with Gasteiger partial charge in [-0.15, -0.1) is 0 Å². The summed E-state index contributed by atoms with van der Waals surface area (Å²) < 4.78 is 39.3. The van der Waals surface area contributed by atoms with Crippen molar-refractivity contribution in [2.75, 3.05) is 0 Å². The zero-order valence-corrected chi connectivity index (χ0v) is 12.2. The van der Waals surface area contributed by atoms with E-state index < -0.39 is 22.4 Å². The van der Waals surface area contributed by atoms with E-state index >= 15 is 0 Å². The monoisotopic (exact) mass is 328 g/mol. The topological polar surface area (TPSA) is 64.7 Å². The number of hydrogen-bond acceptors (Lipinski definition) is 4. The highest BCUT2D eigenvalue weighted by Crippen LogP contribution is 2.39. The van der Waals surface area contributed by atoms with Crippen molar-refractivity contribution in [3.05, 3.63) is 39.4 Å². The highest BCUT2D eigenvalue weighted by molar-refractivity contribution is 6.03. The van der Waals surface area contributed by atoms with Crippen molar-refractivity contribution in [1.82, 2.24) is 0 Å². The van der Waals surface area contributed by atoms with Crippen LogP contribution in [0.4, 0.5) is 18.9 Å². The van der Waals surface area contributed by atoms with Crippen molar-refractivity contribution in [2.24, 2.45) is 11.1 Å². The van der Waals surface area contributed by atoms with Crippen LogP contribution in [0.5, 0.6) is 0 Å². The van der Waals surface area contributed by atoms with E-state index in [1.807, 2.05) is 0 Å². The maximum atomic E-state index is 13.1. The van der Waals surface area contributed by atoms with Crippen LogP contribution < -0.4 is 0 Å². The van der Waals surface area contributed by atoms with E-state index in [1.165, 1.54) is 6.07 Å². The largest absolute Gasteiger partial charge is 0.423 e. The molecule has 0 N–H and O–H groups in total. The first-order valence-corrected chi connectivity index (χ1v) is 7.47. The SMILES string of the molecule is O=[N+]([O-])c1ccc(C2=NOC3CCCCCC23)cc1C(F)(F)F. The van der Waals surface area contributed by atoms with Gasteiger partial charge in [0.1, 0.15) is 11.7 Å². The van der Waals surface area contributed by atoms with Gasteiger partial charge in [0.2, 0.25) is 0 Å². The van der Waals surface area contributed by atoms with Gasteiger partial charge in [0, 0.05) is 17.5 Å².